The normalized spacial score (nSPS) is 17.8. The summed E-state index contributed by atoms with van der Waals surface area (Å²) in [6.07, 6.45) is 0. The van der Waals surface area contributed by atoms with Gasteiger partial charge in [-0.15, -0.1) is 20.4 Å². The van der Waals surface area contributed by atoms with E-state index < -0.39 is 0 Å². The minimum atomic E-state index is 0.345. The fourth-order valence-electron chi connectivity index (χ4n) is 3.84. The highest BCUT2D eigenvalue weighted by Gasteiger charge is 2.26. The Hall–Kier alpha value is -3.36. The summed E-state index contributed by atoms with van der Waals surface area (Å²) in [4.78, 5) is 4.70. The third kappa shape index (κ3) is 4.55. The van der Waals surface area contributed by atoms with Crippen molar-refractivity contribution in [3.05, 3.63) is 72.4 Å². The number of rotatable bonds is 6. The van der Waals surface area contributed by atoms with Crippen LogP contribution in [-0.2, 0) is 13.1 Å². The Kier molecular flexibility index (Phi) is 5.56. The van der Waals surface area contributed by atoms with Crippen LogP contribution in [0.15, 0.2) is 69.5 Å². The van der Waals surface area contributed by atoms with Gasteiger partial charge in [0.2, 0.25) is 23.6 Å². The third-order valence-corrected chi connectivity index (χ3v) is 5.52. The average Bonchev–Trinajstić information content (AvgIpc) is 3.47. The highest BCUT2D eigenvalue weighted by Crippen LogP contribution is 2.21. The molecule has 1 atom stereocenters. The molecule has 8 nitrogen and oxygen atoms in total. The maximum absolute atomic E-state index is 5.88. The van der Waals surface area contributed by atoms with Crippen molar-refractivity contribution < 1.29 is 8.83 Å². The van der Waals surface area contributed by atoms with Crippen LogP contribution in [0.25, 0.3) is 22.9 Å². The zero-order valence-corrected chi connectivity index (χ0v) is 17.4. The molecule has 1 aliphatic heterocycles. The molecule has 0 aliphatic carbocycles. The van der Waals surface area contributed by atoms with Gasteiger partial charge in [0.25, 0.3) is 0 Å². The van der Waals surface area contributed by atoms with Crippen molar-refractivity contribution in [3.63, 3.8) is 0 Å². The molecule has 31 heavy (non-hydrogen) atoms. The Morgan fingerprint density at radius 2 is 1.29 bits per heavy atom. The summed E-state index contributed by atoms with van der Waals surface area (Å²) in [5, 5.41) is 16.8. The van der Waals surface area contributed by atoms with Crippen LogP contribution in [0.1, 0.15) is 18.7 Å². The summed E-state index contributed by atoms with van der Waals surface area (Å²) >= 11 is 0. The monoisotopic (exact) mass is 416 g/mol. The number of hydrogen-bond acceptors (Lipinski definition) is 8. The molecule has 0 N–H and O–H groups in total. The molecule has 1 fully saturated rings. The maximum atomic E-state index is 5.88. The summed E-state index contributed by atoms with van der Waals surface area (Å²) in [5.41, 5.74) is 1.88. The summed E-state index contributed by atoms with van der Waals surface area (Å²) in [7, 11) is 0. The molecule has 1 saturated heterocycles. The fraction of sp³-hybridized carbons (Fsp3) is 0.304. The molecule has 4 aromatic rings. The molecular formula is C23H24N6O2. The predicted molar refractivity (Wildman–Crippen MR) is 115 cm³/mol. The zero-order chi connectivity index (χ0) is 21.0. The summed E-state index contributed by atoms with van der Waals surface area (Å²) < 4.78 is 11.7. The van der Waals surface area contributed by atoms with Crippen LogP contribution in [0.4, 0.5) is 0 Å². The lowest BCUT2D eigenvalue weighted by atomic mass is 10.2. The minimum absolute atomic E-state index is 0.345. The highest BCUT2D eigenvalue weighted by molar-refractivity contribution is 5.52. The van der Waals surface area contributed by atoms with Crippen molar-refractivity contribution in [2.75, 3.05) is 19.6 Å². The standard InChI is InChI=1S/C23H24N6O2/c1-17-14-28(15-20-24-26-22(30-20)18-8-4-2-5-9-18)12-13-29(17)16-21-25-27-23(31-21)19-10-6-3-7-11-19/h2-11,17H,12-16H2,1H3. The van der Waals surface area contributed by atoms with Gasteiger partial charge < -0.3 is 8.83 Å². The average molecular weight is 416 g/mol. The Bertz CT molecular complexity index is 1110. The van der Waals surface area contributed by atoms with Crippen LogP contribution in [0, 0.1) is 0 Å². The van der Waals surface area contributed by atoms with Crippen molar-refractivity contribution in [1.82, 2.24) is 30.2 Å². The second kappa shape index (κ2) is 8.79. The van der Waals surface area contributed by atoms with E-state index in [2.05, 4.69) is 37.1 Å². The van der Waals surface area contributed by atoms with Crippen molar-refractivity contribution in [2.45, 2.75) is 26.1 Å². The predicted octanol–water partition coefficient (Wildman–Crippen LogP) is 3.49. The van der Waals surface area contributed by atoms with E-state index in [0.29, 0.717) is 42.7 Å². The number of aromatic nitrogens is 4. The maximum Gasteiger partial charge on any atom is 0.247 e. The lowest BCUT2D eigenvalue weighted by molar-refractivity contribution is 0.0623. The van der Waals surface area contributed by atoms with Crippen molar-refractivity contribution >= 4 is 0 Å². The van der Waals surface area contributed by atoms with E-state index in [4.69, 9.17) is 8.83 Å². The van der Waals surface area contributed by atoms with Crippen LogP contribution >= 0.6 is 0 Å². The molecule has 2 aromatic heterocycles. The van der Waals surface area contributed by atoms with Gasteiger partial charge in [0.05, 0.1) is 13.1 Å². The molecule has 0 bridgehead atoms. The Labute approximate surface area is 180 Å². The molecule has 3 heterocycles. The smallest absolute Gasteiger partial charge is 0.247 e. The lowest BCUT2D eigenvalue weighted by Crippen LogP contribution is -2.51. The van der Waals surface area contributed by atoms with Gasteiger partial charge in [-0.3, -0.25) is 9.80 Å². The van der Waals surface area contributed by atoms with Gasteiger partial charge in [-0.05, 0) is 31.2 Å². The van der Waals surface area contributed by atoms with Crippen molar-refractivity contribution in [1.29, 1.82) is 0 Å². The van der Waals surface area contributed by atoms with Crippen LogP contribution in [0.3, 0.4) is 0 Å². The summed E-state index contributed by atoms with van der Waals surface area (Å²) in [6, 6.07) is 20.0. The van der Waals surface area contributed by atoms with Crippen LogP contribution in [0.5, 0.6) is 0 Å². The van der Waals surface area contributed by atoms with Crippen LogP contribution < -0.4 is 0 Å². The Balaban J connectivity index is 1.17. The van der Waals surface area contributed by atoms with Gasteiger partial charge in [-0.2, -0.15) is 0 Å². The molecule has 0 saturated carbocycles. The van der Waals surface area contributed by atoms with E-state index in [1.165, 1.54) is 0 Å². The van der Waals surface area contributed by atoms with E-state index in [1.54, 1.807) is 0 Å². The van der Waals surface area contributed by atoms with Crippen molar-refractivity contribution in [2.24, 2.45) is 0 Å². The van der Waals surface area contributed by atoms with Gasteiger partial charge in [-0.25, -0.2) is 0 Å². The molecule has 0 radical (unpaired) electrons. The zero-order valence-electron chi connectivity index (χ0n) is 17.4. The van der Waals surface area contributed by atoms with Gasteiger partial charge in [0.15, 0.2) is 0 Å². The molecule has 0 spiro atoms. The largest absolute Gasteiger partial charge is 0.419 e. The second-order valence-corrected chi connectivity index (χ2v) is 7.79. The first kappa shape index (κ1) is 19.6. The minimum Gasteiger partial charge on any atom is -0.419 e. The second-order valence-electron chi connectivity index (χ2n) is 7.79. The lowest BCUT2D eigenvalue weighted by Gasteiger charge is -2.38. The van der Waals surface area contributed by atoms with Gasteiger partial charge in [-0.1, -0.05) is 36.4 Å². The first-order chi connectivity index (χ1) is 15.2. The first-order valence-electron chi connectivity index (χ1n) is 10.5. The van der Waals surface area contributed by atoms with E-state index >= 15 is 0 Å². The van der Waals surface area contributed by atoms with E-state index in [0.717, 1.165) is 30.8 Å². The summed E-state index contributed by atoms with van der Waals surface area (Å²) in [6.45, 7) is 6.23. The van der Waals surface area contributed by atoms with Gasteiger partial charge >= 0.3 is 0 Å². The molecular weight excluding hydrogens is 392 g/mol. The van der Waals surface area contributed by atoms with Gasteiger partial charge in [0.1, 0.15) is 0 Å². The molecule has 158 valence electrons. The SMILES string of the molecule is CC1CN(Cc2nnc(-c3ccccc3)o2)CCN1Cc1nnc(-c2ccccc2)o1. The molecule has 1 unspecified atom stereocenters. The van der Waals surface area contributed by atoms with E-state index in [1.807, 2.05) is 60.7 Å². The Morgan fingerprint density at radius 1 is 0.742 bits per heavy atom. The summed E-state index contributed by atoms with van der Waals surface area (Å²) in [5.74, 6) is 2.41. The first-order valence-corrected chi connectivity index (χ1v) is 10.5. The van der Waals surface area contributed by atoms with E-state index in [-0.39, 0.29) is 0 Å². The topological polar surface area (TPSA) is 84.3 Å². The van der Waals surface area contributed by atoms with Crippen molar-refractivity contribution in [3.8, 4) is 22.9 Å². The number of nitrogens with zero attached hydrogens (tertiary/aromatic N) is 6. The highest BCUT2D eigenvalue weighted by atomic mass is 16.4. The van der Waals surface area contributed by atoms with Crippen LogP contribution in [-0.4, -0.2) is 55.9 Å². The number of hydrogen-bond donors (Lipinski definition) is 0. The number of piperazine rings is 1. The quantitative estimate of drug-likeness (QED) is 0.472. The molecule has 8 heteroatoms. The van der Waals surface area contributed by atoms with Crippen LogP contribution in [0.2, 0.25) is 0 Å². The van der Waals surface area contributed by atoms with E-state index in [9.17, 15) is 0 Å². The van der Waals surface area contributed by atoms with Gasteiger partial charge in [0, 0.05) is 36.8 Å². The number of benzene rings is 2. The fourth-order valence-corrected chi connectivity index (χ4v) is 3.84. The molecule has 2 aromatic carbocycles. The third-order valence-electron chi connectivity index (χ3n) is 5.52. The molecule has 1 aliphatic rings. The Morgan fingerprint density at radius 3 is 1.84 bits per heavy atom. The molecule has 0 amide bonds. The molecule has 5 rings (SSSR count).